The third-order valence-electron chi connectivity index (χ3n) is 5.52. The predicted molar refractivity (Wildman–Crippen MR) is 94.2 cm³/mol. The van der Waals surface area contributed by atoms with Crippen LogP contribution in [-0.4, -0.2) is 18.4 Å². The molecule has 0 N–H and O–H groups in total. The average molecular weight is 431 g/mol. The number of hydrogen-bond acceptors (Lipinski definition) is 1. The molecule has 0 amide bonds. The van der Waals surface area contributed by atoms with Gasteiger partial charge >= 0.3 is 0 Å². The largest absolute Gasteiger partial charge is 0.493 e. The molecule has 0 spiro atoms. The van der Waals surface area contributed by atoms with Crippen molar-refractivity contribution in [3.8, 4) is 5.75 Å². The molecule has 0 saturated heterocycles. The van der Waals surface area contributed by atoms with Crippen molar-refractivity contribution in [1.82, 2.24) is 0 Å². The number of hydrogen-bond donors (Lipinski definition) is 0. The van der Waals surface area contributed by atoms with E-state index in [4.69, 9.17) is 16.3 Å². The van der Waals surface area contributed by atoms with Gasteiger partial charge in [0.25, 0.3) is 0 Å². The minimum atomic E-state index is -1.46. The third kappa shape index (κ3) is 3.28. The number of halogens is 1. The first-order valence-electron chi connectivity index (χ1n) is 8.29. The normalized spacial score (nSPS) is 20.1. The minimum Gasteiger partial charge on any atom is -0.493 e. The van der Waals surface area contributed by atoms with Crippen molar-refractivity contribution in [2.45, 2.75) is 62.7 Å². The van der Waals surface area contributed by atoms with E-state index in [9.17, 15) is 0 Å². The van der Waals surface area contributed by atoms with Crippen LogP contribution < -0.4 is 10.0 Å². The number of methoxy groups -OCH3 is 1. The van der Waals surface area contributed by atoms with Crippen molar-refractivity contribution in [2.24, 2.45) is 0 Å². The summed E-state index contributed by atoms with van der Waals surface area (Å²) in [5.41, 5.74) is 3.69. The van der Waals surface area contributed by atoms with Crippen LogP contribution in [0.2, 0.25) is 0 Å². The maximum atomic E-state index is 6.62. The quantitative estimate of drug-likeness (QED) is 0.336. The predicted octanol–water partition coefficient (Wildman–Crippen LogP) is 5.58. The molecule has 0 aliphatic heterocycles. The average Bonchev–Trinajstić information content (AvgIpc) is 3.23. The summed E-state index contributed by atoms with van der Waals surface area (Å²) in [7, 11) is 0.333. The van der Waals surface area contributed by atoms with Gasteiger partial charge in [-0.15, -0.1) is 0 Å². The van der Waals surface area contributed by atoms with Crippen molar-refractivity contribution in [1.29, 1.82) is 0 Å². The van der Waals surface area contributed by atoms with E-state index >= 15 is 0 Å². The van der Waals surface area contributed by atoms with E-state index < -0.39 is 7.26 Å². The number of ether oxygens (including phenoxy) is 1. The van der Waals surface area contributed by atoms with Crippen LogP contribution in [-0.2, 0) is 20.4 Å². The fraction of sp³-hybridized carbons (Fsp3) is 0.611. The van der Waals surface area contributed by atoms with Gasteiger partial charge in [-0.05, 0) is 63.5 Å². The van der Waals surface area contributed by atoms with E-state index in [1.807, 2.05) is 0 Å². The van der Waals surface area contributed by atoms with Crippen LogP contribution >= 0.6 is 18.9 Å². The molecule has 2 saturated carbocycles. The molecular formula is C18H26ClOPPd. The molecule has 2 fully saturated rings. The van der Waals surface area contributed by atoms with Gasteiger partial charge in [0, 0.05) is 31.7 Å². The van der Waals surface area contributed by atoms with Gasteiger partial charge in [0.05, 0.1) is 7.11 Å². The van der Waals surface area contributed by atoms with E-state index in [-0.39, 0.29) is 20.4 Å². The Labute approximate surface area is 154 Å². The first-order chi connectivity index (χ1) is 10.3. The molecule has 0 bridgehead atoms. The van der Waals surface area contributed by atoms with Gasteiger partial charge in [-0.3, -0.25) is 0 Å². The van der Waals surface area contributed by atoms with Gasteiger partial charge in [-0.1, -0.05) is 25.0 Å². The summed E-state index contributed by atoms with van der Waals surface area (Å²) < 4.78 is 5.72. The summed E-state index contributed by atoms with van der Waals surface area (Å²) in [5, 5.41) is 1.43. The molecule has 2 aliphatic carbocycles. The second kappa shape index (κ2) is 8.49. The van der Waals surface area contributed by atoms with Gasteiger partial charge in [0.1, 0.15) is 5.30 Å². The molecule has 1 aromatic rings. The van der Waals surface area contributed by atoms with Crippen molar-refractivity contribution in [3.63, 3.8) is 0 Å². The van der Waals surface area contributed by atoms with E-state index in [0.717, 1.165) is 17.1 Å². The van der Waals surface area contributed by atoms with E-state index in [1.54, 1.807) is 7.11 Å². The van der Waals surface area contributed by atoms with E-state index in [0.29, 0.717) is 0 Å². The first-order valence-corrected chi connectivity index (χ1v) is 10.7. The molecule has 0 aromatic heterocycles. The summed E-state index contributed by atoms with van der Waals surface area (Å²) in [4.78, 5) is 0. The summed E-state index contributed by atoms with van der Waals surface area (Å²) in [6, 6.07) is 8.65. The van der Waals surface area contributed by atoms with Crippen molar-refractivity contribution >= 4 is 24.2 Å². The fourth-order valence-corrected chi connectivity index (χ4v) is 10.9. The number of benzene rings is 1. The molecule has 0 radical (unpaired) electrons. The molecule has 0 unspecified atom stereocenters. The molecule has 1 nitrogen and oxygen atoms in total. The van der Waals surface area contributed by atoms with Gasteiger partial charge < -0.3 is 16.3 Å². The second-order valence-corrected chi connectivity index (χ2v) is 10.9. The molecule has 0 atom stereocenters. The van der Waals surface area contributed by atoms with Crippen molar-refractivity contribution in [2.75, 3.05) is 7.11 Å². The van der Waals surface area contributed by atoms with Crippen molar-refractivity contribution < 1.29 is 25.2 Å². The van der Waals surface area contributed by atoms with Crippen LogP contribution in [0.5, 0.6) is 5.75 Å². The Morgan fingerprint density at radius 2 is 1.50 bits per heavy atom. The molecule has 0 heterocycles. The third-order valence-corrected chi connectivity index (χ3v) is 11.5. The Hall–Kier alpha value is 0.402. The Balaban J connectivity index is 0.00000176. The van der Waals surface area contributed by atoms with Crippen LogP contribution in [0.15, 0.2) is 24.3 Å². The molecule has 22 heavy (non-hydrogen) atoms. The maximum absolute atomic E-state index is 6.62. The Kier molecular flexibility index (Phi) is 7.23. The number of rotatable bonds is 5. The Morgan fingerprint density at radius 3 is 1.95 bits per heavy atom. The Morgan fingerprint density at radius 1 is 1.00 bits per heavy atom. The van der Waals surface area contributed by atoms with E-state index in [1.165, 1.54) is 56.7 Å². The maximum Gasteiger partial charge on any atom is 0.158 e. The minimum absolute atomic E-state index is 0. The molecular weight excluding hydrogens is 405 g/mol. The fourth-order valence-electron chi connectivity index (χ4n) is 4.52. The molecule has 1 aromatic carbocycles. The molecule has 126 valence electrons. The topological polar surface area (TPSA) is 9.23 Å². The SMILES string of the molecule is COc1ccccc1[P+]([CH-]Cl)(C1CCCC1)C1CCCC1.[Pd]. The van der Waals surface area contributed by atoms with Gasteiger partial charge in [0.15, 0.2) is 5.75 Å². The van der Waals surface area contributed by atoms with Crippen LogP contribution in [0.25, 0.3) is 0 Å². The van der Waals surface area contributed by atoms with Gasteiger partial charge in [-0.25, -0.2) is 0 Å². The van der Waals surface area contributed by atoms with E-state index in [2.05, 4.69) is 29.9 Å². The van der Waals surface area contributed by atoms with Gasteiger partial charge in [-0.2, -0.15) is 0 Å². The van der Waals surface area contributed by atoms with Crippen LogP contribution in [0, 0.1) is 5.62 Å². The summed E-state index contributed by atoms with van der Waals surface area (Å²) >= 11 is 6.62. The summed E-state index contributed by atoms with van der Waals surface area (Å²) in [6.07, 6.45) is 10.9. The van der Waals surface area contributed by atoms with Crippen LogP contribution in [0.3, 0.4) is 0 Å². The smallest absolute Gasteiger partial charge is 0.158 e. The zero-order chi connectivity index (χ0) is 14.7. The first kappa shape index (κ1) is 18.7. The summed E-state index contributed by atoms with van der Waals surface area (Å²) in [6.45, 7) is 0. The van der Waals surface area contributed by atoms with Crippen LogP contribution in [0.1, 0.15) is 51.4 Å². The zero-order valence-electron chi connectivity index (χ0n) is 13.2. The molecule has 4 heteroatoms. The zero-order valence-corrected chi connectivity index (χ0v) is 16.5. The monoisotopic (exact) mass is 430 g/mol. The summed E-state index contributed by atoms with van der Waals surface area (Å²) in [5.74, 6) is 1.06. The number of para-hydroxylation sites is 1. The Bertz CT molecular complexity index is 454. The van der Waals surface area contributed by atoms with Gasteiger partial charge in [0.2, 0.25) is 0 Å². The molecule has 3 rings (SSSR count). The standard InChI is InChI=1S/C18H26ClOP.Pd/c1-20-17-12-6-7-13-18(17)21(14-19,15-8-2-3-9-15)16-10-4-5-11-16;/h6-7,12-16H,2-5,8-11H2,1H3;. The van der Waals surface area contributed by atoms with Crippen molar-refractivity contribution in [3.05, 3.63) is 29.9 Å². The second-order valence-electron chi connectivity index (χ2n) is 6.48. The van der Waals surface area contributed by atoms with Crippen LogP contribution in [0.4, 0.5) is 0 Å². The molecule has 2 aliphatic rings.